The van der Waals surface area contributed by atoms with E-state index in [9.17, 15) is 8.78 Å². The van der Waals surface area contributed by atoms with Gasteiger partial charge < -0.3 is 5.11 Å². The van der Waals surface area contributed by atoms with E-state index < -0.39 is 5.76 Å². The van der Waals surface area contributed by atoms with E-state index >= 15 is 0 Å². The lowest BCUT2D eigenvalue weighted by molar-refractivity contribution is 0.252. The van der Waals surface area contributed by atoms with Gasteiger partial charge in [-0.2, -0.15) is 8.78 Å². The number of halogens is 2. The van der Waals surface area contributed by atoms with E-state index in [1.807, 2.05) is 0 Å². The van der Waals surface area contributed by atoms with Gasteiger partial charge in [0, 0.05) is 23.5 Å². The molecule has 0 heterocycles. The van der Waals surface area contributed by atoms with Crippen LogP contribution in [0, 0.1) is 11.8 Å². The van der Waals surface area contributed by atoms with E-state index in [4.69, 9.17) is 5.11 Å². The molecule has 0 aliphatic heterocycles. The van der Waals surface area contributed by atoms with Gasteiger partial charge in [0.2, 0.25) is 0 Å². The van der Waals surface area contributed by atoms with Gasteiger partial charge in [0.15, 0.2) is 0 Å². The lowest BCUT2D eigenvalue weighted by atomic mass is 10.2. The summed E-state index contributed by atoms with van der Waals surface area (Å²) in [4.78, 5) is 0.538. The van der Waals surface area contributed by atoms with Crippen LogP contribution in [0.5, 0.6) is 0 Å². The van der Waals surface area contributed by atoms with Gasteiger partial charge in [-0.05, 0) is 30.7 Å². The molecule has 0 aliphatic carbocycles. The number of aliphatic hydroxyl groups excluding tert-OH is 1. The fourth-order valence-corrected chi connectivity index (χ4v) is 1.55. The van der Waals surface area contributed by atoms with Crippen molar-refractivity contribution in [2.75, 3.05) is 6.61 Å². The Balaban J connectivity index is 2.53. The highest BCUT2D eigenvalue weighted by Crippen LogP contribution is 2.24. The van der Waals surface area contributed by atoms with Gasteiger partial charge >= 0.3 is 0 Å². The van der Waals surface area contributed by atoms with Crippen LogP contribution in [0.2, 0.25) is 0 Å². The first-order chi connectivity index (χ1) is 7.72. The van der Waals surface area contributed by atoms with E-state index in [0.717, 1.165) is 5.56 Å². The molecule has 1 aromatic carbocycles. The topological polar surface area (TPSA) is 20.2 Å². The van der Waals surface area contributed by atoms with Gasteiger partial charge in [0.1, 0.15) is 0 Å². The number of benzene rings is 1. The summed E-state index contributed by atoms with van der Waals surface area (Å²) in [5.41, 5.74) is 0.802. The van der Waals surface area contributed by atoms with Crippen LogP contribution in [0.3, 0.4) is 0 Å². The predicted molar refractivity (Wildman–Crippen MR) is 61.5 cm³/mol. The minimum Gasteiger partial charge on any atom is -0.396 e. The Morgan fingerprint density at radius 3 is 2.50 bits per heavy atom. The summed E-state index contributed by atoms with van der Waals surface area (Å²) < 4.78 is 24.0. The number of thioether (sulfide) groups is 1. The Labute approximate surface area is 97.9 Å². The predicted octanol–water partition coefficient (Wildman–Crippen LogP) is 3.13. The summed E-state index contributed by atoms with van der Waals surface area (Å²) in [6.45, 7) is 0.138. The first-order valence-corrected chi connectivity index (χ1v) is 5.75. The maximum Gasteiger partial charge on any atom is 0.288 e. The molecule has 0 spiro atoms. The highest BCUT2D eigenvalue weighted by Gasteiger charge is 2.03. The fourth-order valence-electron chi connectivity index (χ4n) is 1.05. The summed E-state index contributed by atoms with van der Waals surface area (Å²) in [5, 5.41) is 8.54. The fraction of sp³-hybridized carbons (Fsp3) is 0.333. The first kappa shape index (κ1) is 13.0. The number of hydrogen-bond acceptors (Lipinski definition) is 2. The van der Waals surface area contributed by atoms with Crippen molar-refractivity contribution in [2.24, 2.45) is 0 Å². The number of unbranched alkanes of at least 4 members (excludes halogenated alkanes) is 1. The zero-order valence-corrected chi connectivity index (χ0v) is 9.44. The molecule has 0 bridgehead atoms. The van der Waals surface area contributed by atoms with Crippen LogP contribution in [0.15, 0.2) is 29.2 Å². The minimum absolute atomic E-state index is 0.138. The van der Waals surface area contributed by atoms with Crippen LogP contribution in [0.25, 0.3) is 0 Å². The van der Waals surface area contributed by atoms with Gasteiger partial charge in [-0.15, -0.1) is 0 Å². The highest BCUT2D eigenvalue weighted by atomic mass is 32.2. The minimum atomic E-state index is -2.39. The molecule has 0 radical (unpaired) electrons. The summed E-state index contributed by atoms with van der Waals surface area (Å²) in [5.74, 6) is 3.41. The lowest BCUT2D eigenvalue weighted by Gasteiger charge is -1.98. The second-order valence-electron chi connectivity index (χ2n) is 3.03. The van der Waals surface area contributed by atoms with Gasteiger partial charge in [-0.1, -0.05) is 23.6 Å². The Bertz CT molecular complexity index is 365. The van der Waals surface area contributed by atoms with Crippen LogP contribution < -0.4 is 0 Å². The van der Waals surface area contributed by atoms with Crippen LogP contribution >= 0.6 is 11.8 Å². The van der Waals surface area contributed by atoms with Crippen LogP contribution in [-0.2, 0) is 0 Å². The molecule has 16 heavy (non-hydrogen) atoms. The molecule has 1 nitrogen and oxygen atoms in total. The Morgan fingerprint density at radius 2 is 1.94 bits per heavy atom. The Morgan fingerprint density at radius 1 is 1.25 bits per heavy atom. The van der Waals surface area contributed by atoms with Gasteiger partial charge in [0.05, 0.1) is 0 Å². The molecule has 1 N–H and O–H groups in total. The molecule has 86 valence electrons. The van der Waals surface area contributed by atoms with Crippen molar-refractivity contribution in [3.8, 4) is 11.8 Å². The average Bonchev–Trinajstić information content (AvgIpc) is 2.26. The molecule has 0 saturated carbocycles. The number of rotatable bonds is 4. The molecule has 4 heteroatoms. The average molecular weight is 242 g/mol. The van der Waals surface area contributed by atoms with E-state index in [1.54, 1.807) is 24.3 Å². The standard InChI is InChI=1S/C12H12F2OS/c13-12(14)16-11-7-5-10(6-8-11)4-2-1-3-9-15/h5-8,12,15H,1,3,9H2. The maximum absolute atomic E-state index is 12.0. The van der Waals surface area contributed by atoms with Gasteiger partial charge in [0.25, 0.3) is 5.76 Å². The molecule has 0 fully saturated rings. The van der Waals surface area contributed by atoms with Crippen LogP contribution in [0.4, 0.5) is 8.78 Å². The van der Waals surface area contributed by atoms with Crippen molar-refractivity contribution < 1.29 is 13.9 Å². The molecular formula is C12H12F2OS. The smallest absolute Gasteiger partial charge is 0.288 e. The van der Waals surface area contributed by atoms with Crippen molar-refractivity contribution in [3.05, 3.63) is 29.8 Å². The zero-order valence-electron chi connectivity index (χ0n) is 8.62. The van der Waals surface area contributed by atoms with E-state index in [1.165, 1.54) is 0 Å². The Kier molecular flexibility index (Phi) is 5.91. The zero-order chi connectivity index (χ0) is 11.8. The summed E-state index contributed by atoms with van der Waals surface area (Å²) >= 11 is 0.525. The summed E-state index contributed by atoms with van der Waals surface area (Å²) in [6, 6.07) is 6.70. The number of alkyl halides is 2. The van der Waals surface area contributed by atoms with E-state index in [2.05, 4.69) is 11.8 Å². The van der Waals surface area contributed by atoms with Crippen molar-refractivity contribution >= 4 is 11.8 Å². The molecule has 0 unspecified atom stereocenters. The van der Waals surface area contributed by atoms with Gasteiger partial charge in [-0.25, -0.2) is 0 Å². The summed E-state index contributed by atoms with van der Waals surface area (Å²) in [6.07, 6.45) is 1.30. The van der Waals surface area contributed by atoms with Crippen molar-refractivity contribution in [3.63, 3.8) is 0 Å². The lowest BCUT2D eigenvalue weighted by Crippen LogP contribution is -1.82. The van der Waals surface area contributed by atoms with Crippen molar-refractivity contribution in [1.29, 1.82) is 0 Å². The molecule has 1 aromatic rings. The largest absolute Gasteiger partial charge is 0.396 e. The number of hydrogen-bond donors (Lipinski definition) is 1. The van der Waals surface area contributed by atoms with E-state index in [-0.39, 0.29) is 6.61 Å². The third-order valence-electron chi connectivity index (χ3n) is 1.77. The molecule has 0 aromatic heterocycles. The second kappa shape index (κ2) is 7.26. The molecule has 1 rings (SSSR count). The quantitative estimate of drug-likeness (QED) is 0.497. The first-order valence-electron chi connectivity index (χ1n) is 4.87. The monoisotopic (exact) mass is 242 g/mol. The highest BCUT2D eigenvalue weighted by molar-refractivity contribution is 7.99. The molecule has 0 amide bonds. The van der Waals surface area contributed by atoms with Crippen molar-refractivity contribution in [2.45, 2.75) is 23.5 Å². The van der Waals surface area contributed by atoms with Crippen LogP contribution in [-0.4, -0.2) is 17.5 Å². The number of aliphatic hydroxyl groups is 1. The normalized spacial score (nSPS) is 10.0. The third-order valence-corrected chi connectivity index (χ3v) is 2.49. The molecule has 0 aliphatic rings. The third kappa shape index (κ3) is 5.15. The molecule has 0 atom stereocenters. The van der Waals surface area contributed by atoms with E-state index in [0.29, 0.717) is 29.5 Å². The molecular weight excluding hydrogens is 230 g/mol. The van der Waals surface area contributed by atoms with Crippen LogP contribution in [0.1, 0.15) is 18.4 Å². The second-order valence-corrected chi connectivity index (χ2v) is 4.10. The SMILES string of the molecule is OCCCC#Cc1ccc(SC(F)F)cc1. The Hall–Kier alpha value is -1.05. The molecule has 0 saturated heterocycles. The van der Waals surface area contributed by atoms with Gasteiger partial charge in [-0.3, -0.25) is 0 Å². The van der Waals surface area contributed by atoms with Crippen molar-refractivity contribution in [1.82, 2.24) is 0 Å². The summed E-state index contributed by atoms with van der Waals surface area (Å²) in [7, 11) is 0. The maximum atomic E-state index is 12.0.